The van der Waals surface area contributed by atoms with Gasteiger partial charge in [-0.05, 0) is 158 Å². The summed E-state index contributed by atoms with van der Waals surface area (Å²) in [6.45, 7) is 0. The number of benzene rings is 8. The van der Waals surface area contributed by atoms with Crippen molar-refractivity contribution >= 4 is 21.9 Å². The Bertz CT molecular complexity index is 3190. The molecule has 10 aromatic rings. The fraction of sp³-hybridized carbons (Fsp3) is 0.102. The average molecular weight is 782 g/mol. The van der Waals surface area contributed by atoms with Gasteiger partial charge >= 0.3 is 0 Å². The van der Waals surface area contributed by atoms with Crippen LogP contribution in [0.25, 0.3) is 100.0 Å². The molecule has 2 heterocycles. The van der Waals surface area contributed by atoms with Crippen LogP contribution in [-0.4, -0.2) is 4.98 Å². The Balaban J connectivity index is 1.01. The third-order valence-electron chi connectivity index (χ3n) is 13.2. The van der Waals surface area contributed by atoms with Crippen LogP contribution in [-0.2, 0) is 25.7 Å². The Morgan fingerprint density at radius 1 is 0.328 bits per heavy atom. The van der Waals surface area contributed by atoms with Crippen molar-refractivity contribution in [2.75, 3.05) is 0 Å². The van der Waals surface area contributed by atoms with Crippen molar-refractivity contribution in [3.8, 4) is 78.0 Å². The molecule has 290 valence electrons. The van der Waals surface area contributed by atoms with Crippen LogP contribution < -0.4 is 0 Å². The molecular weight excluding hydrogens is 739 g/mol. The van der Waals surface area contributed by atoms with E-state index in [1.54, 1.807) is 0 Å². The molecule has 0 saturated heterocycles. The van der Waals surface area contributed by atoms with E-state index in [1.165, 1.54) is 104 Å². The number of hydrogen-bond donors (Lipinski definition) is 0. The summed E-state index contributed by atoms with van der Waals surface area (Å²) < 4.78 is 6.40. The van der Waals surface area contributed by atoms with Crippen LogP contribution in [0.2, 0.25) is 0 Å². The number of hydrogen-bond acceptors (Lipinski definition) is 2. The summed E-state index contributed by atoms with van der Waals surface area (Å²) in [6, 6.07) is 67.1. The molecule has 0 spiro atoms. The third-order valence-corrected chi connectivity index (χ3v) is 13.2. The molecule has 2 aliphatic carbocycles. The van der Waals surface area contributed by atoms with Gasteiger partial charge in [0.15, 0.2) is 0 Å². The minimum atomic E-state index is 0.869. The van der Waals surface area contributed by atoms with Crippen molar-refractivity contribution in [1.82, 2.24) is 4.98 Å². The first-order valence-corrected chi connectivity index (χ1v) is 21.8. The Labute approximate surface area is 356 Å². The normalized spacial score (nSPS) is 13.2. The second-order valence-electron chi connectivity index (χ2n) is 16.8. The van der Waals surface area contributed by atoms with Gasteiger partial charge in [0, 0.05) is 28.1 Å². The zero-order chi connectivity index (χ0) is 40.3. The first-order chi connectivity index (χ1) is 30.2. The van der Waals surface area contributed by atoms with E-state index in [2.05, 4.69) is 170 Å². The molecule has 8 aromatic carbocycles. The Kier molecular flexibility index (Phi) is 8.62. The molecule has 0 bridgehead atoms. The number of aromatic nitrogens is 1. The largest absolute Gasteiger partial charge is 0.455 e. The minimum absolute atomic E-state index is 0.869. The second-order valence-corrected chi connectivity index (χ2v) is 16.8. The van der Waals surface area contributed by atoms with E-state index in [0.717, 1.165) is 57.2 Å². The topological polar surface area (TPSA) is 26.0 Å². The molecule has 0 aliphatic heterocycles. The highest BCUT2D eigenvalue weighted by atomic mass is 16.3. The van der Waals surface area contributed by atoms with Gasteiger partial charge in [-0.25, -0.2) is 0 Å². The monoisotopic (exact) mass is 781 g/mol. The lowest BCUT2D eigenvalue weighted by Crippen LogP contribution is -1.93. The molecule has 0 saturated carbocycles. The number of furan rings is 1. The summed E-state index contributed by atoms with van der Waals surface area (Å²) >= 11 is 0. The van der Waals surface area contributed by atoms with Gasteiger partial charge < -0.3 is 4.42 Å². The fourth-order valence-electron chi connectivity index (χ4n) is 10.2. The maximum absolute atomic E-state index is 6.40. The van der Waals surface area contributed by atoms with E-state index >= 15 is 0 Å². The zero-order valence-electron chi connectivity index (χ0n) is 34.0. The standard InChI is InChI=1S/C59H43NO/c1-4-19-51(48(16-1)42-28-26-38-12-9-14-40(38)32-42)45-34-46(52-20-5-2-17-49(52)43-29-27-39-13-10-15-41(39)33-43)36-47(35-45)53-21-6-3-18-50(53)44-30-31-57(60-37-44)56-24-11-23-55-54-22-7-8-25-58(54)61-59(55)56/h1-8,11,16-37H,9-10,12-15H2. The van der Waals surface area contributed by atoms with Crippen LogP contribution in [0.5, 0.6) is 0 Å². The summed E-state index contributed by atoms with van der Waals surface area (Å²) in [5.41, 5.74) is 24.2. The quantitative estimate of drug-likeness (QED) is 0.161. The van der Waals surface area contributed by atoms with Gasteiger partial charge in [-0.1, -0.05) is 146 Å². The molecular formula is C59H43NO. The molecule has 0 amide bonds. The molecule has 12 rings (SSSR count). The van der Waals surface area contributed by atoms with Crippen molar-refractivity contribution in [2.24, 2.45) is 0 Å². The highest BCUT2D eigenvalue weighted by Crippen LogP contribution is 2.44. The number of rotatable bonds is 7. The third kappa shape index (κ3) is 6.30. The van der Waals surface area contributed by atoms with Gasteiger partial charge in [0.05, 0.1) is 5.69 Å². The maximum Gasteiger partial charge on any atom is 0.144 e. The summed E-state index contributed by atoms with van der Waals surface area (Å²) in [7, 11) is 0. The zero-order valence-corrected chi connectivity index (χ0v) is 34.0. The lowest BCUT2D eigenvalue weighted by Gasteiger charge is -2.18. The number of pyridine rings is 1. The van der Waals surface area contributed by atoms with Crippen LogP contribution in [0.4, 0.5) is 0 Å². The van der Waals surface area contributed by atoms with Crippen molar-refractivity contribution < 1.29 is 4.42 Å². The lowest BCUT2D eigenvalue weighted by atomic mass is 9.86. The Morgan fingerprint density at radius 3 is 1.31 bits per heavy atom. The molecule has 2 nitrogen and oxygen atoms in total. The average Bonchev–Trinajstić information content (AvgIpc) is 4.10. The van der Waals surface area contributed by atoms with E-state index in [0.29, 0.717) is 0 Å². The van der Waals surface area contributed by atoms with Crippen molar-refractivity contribution in [1.29, 1.82) is 0 Å². The molecule has 0 unspecified atom stereocenters. The van der Waals surface area contributed by atoms with Crippen LogP contribution >= 0.6 is 0 Å². The molecule has 2 aliphatic rings. The van der Waals surface area contributed by atoms with E-state index in [4.69, 9.17) is 9.40 Å². The Hall–Kier alpha value is -7.29. The predicted molar refractivity (Wildman–Crippen MR) is 254 cm³/mol. The molecule has 0 fully saturated rings. The van der Waals surface area contributed by atoms with E-state index < -0.39 is 0 Å². The van der Waals surface area contributed by atoms with E-state index in [9.17, 15) is 0 Å². The fourth-order valence-corrected chi connectivity index (χ4v) is 10.2. The first kappa shape index (κ1) is 35.6. The van der Waals surface area contributed by atoms with Crippen molar-refractivity contribution in [3.63, 3.8) is 0 Å². The van der Waals surface area contributed by atoms with Crippen LogP contribution in [0.3, 0.4) is 0 Å². The van der Waals surface area contributed by atoms with Gasteiger partial charge in [-0.2, -0.15) is 0 Å². The number of aryl methyl sites for hydroxylation is 4. The Morgan fingerprint density at radius 2 is 0.770 bits per heavy atom. The smallest absolute Gasteiger partial charge is 0.144 e. The molecule has 0 radical (unpaired) electrons. The summed E-state index contributed by atoms with van der Waals surface area (Å²) in [6.07, 6.45) is 9.18. The molecule has 2 aromatic heterocycles. The van der Waals surface area contributed by atoms with Crippen molar-refractivity contribution in [3.05, 3.63) is 210 Å². The second kappa shape index (κ2) is 14.8. The maximum atomic E-state index is 6.40. The molecule has 0 N–H and O–H groups in total. The van der Waals surface area contributed by atoms with Gasteiger partial charge in [0.2, 0.25) is 0 Å². The van der Waals surface area contributed by atoms with Gasteiger partial charge in [-0.15, -0.1) is 0 Å². The minimum Gasteiger partial charge on any atom is -0.455 e. The van der Waals surface area contributed by atoms with E-state index in [-0.39, 0.29) is 0 Å². The van der Waals surface area contributed by atoms with Gasteiger partial charge in [-0.3, -0.25) is 4.98 Å². The highest BCUT2D eigenvalue weighted by molar-refractivity contribution is 6.09. The SMILES string of the molecule is c1ccc(-c2cc(-c3ccccc3-c3ccc4c(c3)CCC4)cc(-c3ccccc3-c3ccc4c(c3)CCC4)c2)c(-c2ccc(-c3cccc4c3oc3ccccc34)nc2)c1. The number of fused-ring (bicyclic) bond motifs is 5. The highest BCUT2D eigenvalue weighted by Gasteiger charge is 2.20. The van der Waals surface area contributed by atoms with Gasteiger partial charge in [0.1, 0.15) is 11.2 Å². The number of para-hydroxylation sites is 2. The lowest BCUT2D eigenvalue weighted by molar-refractivity contribution is 0.670. The van der Waals surface area contributed by atoms with E-state index in [1.807, 2.05) is 18.3 Å². The molecule has 2 heteroatoms. The summed E-state index contributed by atoms with van der Waals surface area (Å²) in [5, 5.41) is 2.23. The number of nitrogens with zero attached hydrogens (tertiary/aromatic N) is 1. The molecule has 0 atom stereocenters. The summed E-state index contributed by atoms with van der Waals surface area (Å²) in [5.74, 6) is 0. The van der Waals surface area contributed by atoms with Crippen LogP contribution in [0.15, 0.2) is 193 Å². The van der Waals surface area contributed by atoms with Gasteiger partial charge in [0.25, 0.3) is 0 Å². The predicted octanol–water partition coefficient (Wildman–Crippen LogP) is 15.6. The van der Waals surface area contributed by atoms with Crippen LogP contribution in [0.1, 0.15) is 35.1 Å². The summed E-state index contributed by atoms with van der Waals surface area (Å²) in [4.78, 5) is 5.09. The first-order valence-electron chi connectivity index (χ1n) is 21.8. The molecule has 61 heavy (non-hydrogen) atoms. The van der Waals surface area contributed by atoms with Crippen molar-refractivity contribution in [2.45, 2.75) is 38.5 Å². The van der Waals surface area contributed by atoms with Crippen LogP contribution in [0, 0.1) is 0 Å².